The van der Waals surface area contributed by atoms with Gasteiger partial charge in [-0.05, 0) is 70.1 Å². The highest BCUT2D eigenvalue weighted by Crippen LogP contribution is 2.34. The van der Waals surface area contributed by atoms with E-state index in [0.717, 1.165) is 58.1 Å². The van der Waals surface area contributed by atoms with Gasteiger partial charge in [0.25, 0.3) is 0 Å². The zero-order valence-electron chi connectivity index (χ0n) is 18.5. The van der Waals surface area contributed by atoms with Gasteiger partial charge in [0.15, 0.2) is 0 Å². The fourth-order valence-electron chi connectivity index (χ4n) is 6.26. The molecule has 0 N–H and O–H groups in total. The van der Waals surface area contributed by atoms with Crippen LogP contribution in [0.4, 0.5) is 5.95 Å². The van der Waals surface area contributed by atoms with Crippen LogP contribution < -0.4 is 4.90 Å². The summed E-state index contributed by atoms with van der Waals surface area (Å²) < 4.78 is 0. The van der Waals surface area contributed by atoms with E-state index in [1.165, 1.54) is 31.2 Å². The second kappa shape index (κ2) is 8.42. The van der Waals surface area contributed by atoms with Gasteiger partial charge in [0, 0.05) is 63.6 Å². The highest BCUT2D eigenvalue weighted by atomic mass is 16.2. The molecule has 5 rings (SSSR count). The van der Waals surface area contributed by atoms with E-state index in [1.807, 2.05) is 4.90 Å². The molecule has 30 heavy (non-hydrogen) atoms. The number of hydrogen-bond acceptors (Lipinski definition) is 6. The van der Waals surface area contributed by atoms with Crippen LogP contribution in [0.15, 0.2) is 12.4 Å². The second-order valence-corrected chi connectivity index (χ2v) is 9.88. The Morgan fingerprint density at radius 2 is 1.47 bits per heavy atom. The zero-order chi connectivity index (χ0) is 20.7. The number of fused-ring (bicyclic) bond motifs is 2. The van der Waals surface area contributed by atoms with Gasteiger partial charge in [-0.15, -0.1) is 0 Å². The Morgan fingerprint density at radius 1 is 0.867 bits per heavy atom. The average Bonchev–Trinajstić information content (AvgIpc) is 3.05. The number of hydrogen-bond donors (Lipinski definition) is 0. The number of anilines is 1. The van der Waals surface area contributed by atoms with E-state index < -0.39 is 0 Å². The van der Waals surface area contributed by atoms with E-state index in [2.05, 4.69) is 34.1 Å². The van der Waals surface area contributed by atoms with E-state index in [4.69, 9.17) is 9.97 Å². The van der Waals surface area contributed by atoms with Crippen molar-refractivity contribution in [3.63, 3.8) is 0 Å². The first-order valence-corrected chi connectivity index (χ1v) is 11.9. The van der Waals surface area contributed by atoms with Crippen LogP contribution >= 0.6 is 0 Å². The predicted molar refractivity (Wildman–Crippen MR) is 118 cm³/mol. The van der Waals surface area contributed by atoms with Crippen molar-refractivity contribution >= 4 is 11.9 Å². The Balaban J connectivity index is 1.15. The third-order valence-electron chi connectivity index (χ3n) is 7.98. The number of rotatable bonds is 3. The second-order valence-electron chi connectivity index (χ2n) is 9.88. The zero-order valence-corrected chi connectivity index (χ0v) is 18.5. The largest absolute Gasteiger partial charge is 0.343 e. The Kier molecular flexibility index (Phi) is 5.67. The maximum Gasteiger partial charge on any atom is 0.225 e. The van der Waals surface area contributed by atoms with E-state index in [1.54, 1.807) is 6.92 Å². The maximum absolute atomic E-state index is 11.6. The molecule has 7 heteroatoms. The number of likely N-dealkylation sites (N-methyl/N-ethyl adjacent to an activating group) is 1. The van der Waals surface area contributed by atoms with Crippen LogP contribution in [0, 0.1) is 0 Å². The van der Waals surface area contributed by atoms with Gasteiger partial charge in [-0.1, -0.05) is 0 Å². The maximum atomic E-state index is 11.6. The lowest BCUT2D eigenvalue weighted by Crippen LogP contribution is -2.53. The Hall–Kier alpha value is -1.73. The van der Waals surface area contributed by atoms with Crippen molar-refractivity contribution in [2.24, 2.45) is 0 Å². The Labute approximate surface area is 180 Å². The minimum absolute atomic E-state index is 0.222. The quantitative estimate of drug-likeness (QED) is 0.756. The fourth-order valence-corrected chi connectivity index (χ4v) is 6.26. The van der Waals surface area contributed by atoms with Gasteiger partial charge >= 0.3 is 0 Å². The van der Waals surface area contributed by atoms with Crippen molar-refractivity contribution in [2.75, 3.05) is 51.2 Å². The highest BCUT2D eigenvalue weighted by Gasteiger charge is 2.40. The number of piperidine rings is 2. The molecule has 164 valence electrons. The molecule has 4 aliphatic heterocycles. The van der Waals surface area contributed by atoms with Crippen molar-refractivity contribution in [3.05, 3.63) is 18.0 Å². The molecule has 4 aliphatic rings. The molecular weight excluding hydrogens is 376 g/mol. The van der Waals surface area contributed by atoms with Gasteiger partial charge in [-0.3, -0.25) is 4.79 Å². The minimum Gasteiger partial charge on any atom is -0.343 e. The van der Waals surface area contributed by atoms with Crippen molar-refractivity contribution < 1.29 is 4.79 Å². The molecule has 0 radical (unpaired) electrons. The van der Waals surface area contributed by atoms with Crippen molar-refractivity contribution in [3.8, 4) is 0 Å². The van der Waals surface area contributed by atoms with Crippen molar-refractivity contribution in [1.29, 1.82) is 0 Å². The lowest BCUT2D eigenvalue weighted by atomic mass is 9.89. The molecule has 1 aromatic rings. The monoisotopic (exact) mass is 412 g/mol. The van der Waals surface area contributed by atoms with Crippen LogP contribution in [-0.2, 0) is 4.79 Å². The smallest absolute Gasteiger partial charge is 0.225 e. The van der Waals surface area contributed by atoms with Crippen LogP contribution in [0.3, 0.4) is 0 Å². The number of likely N-dealkylation sites (tertiary alicyclic amines) is 3. The number of carbonyl (C=O) groups is 1. The molecule has 2 unspecified atom stereocenters. The summed E-state index contributed by atoms with van der Waals surface area (Å²) in [5, 5.41) is 0. The summed E-state index contributed by atoms with van der Waals surface area (Å²) in [5.74, 6) is 1.74. The van der Waals surface area contributed by atoms with E-state index in [-0.39, 0.29) is 5.91 Å². The molecule has 1 amide bonds. The normalized spacial score (nSPS) is 29.5. The van der Waals surface area contributed by atoms with Crippen LogP contribution in [0.25, 0.3) is 0 Å². The third-order valence-corrected chi connectivity index (χ3v) is 7.98. The first-order valence-electron chi connectivity index (χ1n) is 11.9. The van der Waals surface area contributed by atoms with Gasteiger partial charge in [0.2, 0.25) is 11.9 Å². The summed E-state index contributed by atoms with van der Waals surface area (Å²) in [7, 11) is 2.23. The highest BCUT2D eigenvalue weighted by molar-refractivity contribution is 5.73. The molecular formula is C23H36N6O. The number of nitrogens with zero attached hydrogens (tertiary/aromatic N) is 6. The molecule has 2 atom stereocenters. The van der Waals surface area contributed by atoms with E-state index in [0.29, 0.717) is 24.0 Å². The molecule has 0 aliphatic carbocycles. The molecule has 5 heterocycles. The standard InChI is InChI=1S/C23H36N6O/c1-17(30)27-11-7-20(8-12-27)28-9-5-18(6-10-28)19-13-24-23(25-14-19)29-21-3-4-22(29)16-26(2)15-21/h13-14,18,20-22H,3-12,15-16H2,1-2H3. The van der Waals surface area contributed by atoms with Gasteiger partial charge in [-0.25, -0.2) is 9.97 Å². The lowest BCUT2D eigenvalue weighted by Gasteiger charge is -2.41. The number of amides is 1. The van der Waals surface area contributed by atoms with Gasteiger partial charge in [-0.2, -0.15) is 0 Å². The van der Waals surface area contributed by atoms with Crippen LogP contribution in [0.2, 0.25) is 0 Å². The first kappa shape index (κ1) is 20.2. The molecule has 1 aromatic heterocycles. The van der Waals surface area contributed by atoms with Gasteiger partial charge in [0.05, 0.1) is 0 Å². The summed E-state index contributed by atoms with van der Waals surface area (Å²) in [4.78, 5) is 30.8. The summed E-state index contributed by atoms with van der Waals surface area (Å²) in [5.41, 5.74) is 1.31. The topological polar surface area (TPSA) is 55.8 Å². The molecule has 0 spiro atoms. The molecule has 4 saturated heterocycles. The minimum atomic E-state index is 0.222. The van der Waals surface area contributed by atoms with Crippen LogP contribution in [0.1, 0.15) is 56.9 Å². The predicted octanol–water partition coefficient (Wildman–Crippen LogP) is 1.95. The van der Waals surface area contributed by atoms with Gasteiger partial charge in [0.1, 0.15) is 0 Å². The van der Waals surface area contributed by atoms with Crippen molar-refractivity contribution in [2.45, 2.75) is 69.5 Å². The molecule has 7 nitrogen and oxygen atoms in total. The van der Waals surface area contributed by atoms with E-state index in [9.17, 15) is 4.79 Å². The average molecular weight is 413 g/mol. The third kappa shape index (κ3) is 3.94. The molecule has 2 bridgehead atoms. The number of aromatic nitrogens is 2. The lowest BCUT2D eigenvalue weighted by molar-refractivity contribution is -0.130. The summed E-state index contributed by atoms with van der Waals surface area (Å²) in [6.45, 7) is 8.09. The summed E-state index contributed by atoms with van der Waals surface area (Å²) in [6, 6.07) is 1.81. The molecule has 0 aromatic carbocycles. The van der Waals surface area contributed by atoms with Crippen LogP contribution in [0.5, 0.6) is 0 Å². The number of carbonyl (C=O) groups excluding carboxylic acids is 1. The Morgan fingerprint density at radius 3 is 2.03 bits per heavy atom. The molecule has 4 fully saturated rings. The Bertz CT molecular complexity index is 725. The van der Waals surface area contributed by atoms with Crippen LogP contribution in [-0.4, -0.2) is 95.0 Å². The number of piperazine rings is 1. The fraction of sp³-hybridized carbons (Fsp3) is 0.783. The summed E-state index contributed by atoms with van der Waals surface area (Å²) in [6.07, 6.45) is 11.4. The van der Waals surface area contributed by atoms with Gasteiger partial charge < -0.3 is 19.6 Å². The van der Waals surface area contributed by atoms with E-state index >= 15 is 0 Å². The SMILES string of the molecule is CC(=O)N1CCC(N2CCC(c3cnc(N4C5CCC4CN(C)C5)nc3)CC2)CC1. The molecule has 0 saturated carbocycles. The summed E-state index contributed by atoms with van der Waals surface area (Å²) >= 11 is 0. The van der Waals surface area contributed by atoms with Crippen molar-refractivity contribution in [1.82, 2.24) is 24.7 Å². The first-order chi connectivity index (χ1) is 14.6.